The van der Waals surface area contributed by atoms with Gasteiger partial charge in [-0.3, -0.25) is 0 Å². The summed E-state index contributed by atoms with van der Waals surface area (Å²) in [5, 5.41) is 0.718. The van der Waals surface area contributed by atoms with Crippen molar-refractivity contribution < 1.29 is 9.47 Å². The van der Waals surface area contributed by atoms with Crippen molar-refractivity contribution in [2.75, 3.05) is 13.2 Å². The normalized spacial score (nSPS) is 16.1. The number of hydrogen-bond acceptors (Lipinski definition) is 3. The number of nitrogens with two attached hydrogens (primary N) is 1. The molecule has 0 bridgehead atoms. The van der Waals surface area contributed by atoms with Gasteiger partial charge in [-0.15, -0.1) is 0 Å². The summed E-state index contributed by atoms with van der Waals surface area (Å²) in [6, 6.07) is 7.63. The Hall–Kier alpha value is -0.610. The molecule has 0 aromatic heterocycles. The van der Waals surface area contributed by atoms with Crippen LogP contribution in [-0.2, 0) is 9.47 Å². The predicted octanol–water partition coefficient (Wildman–Crippen LogP) is 3.56. The molecule has 0 aliphatic rings. The molecule has 0 heterocycles. The zero-order valence-electron chi connectivity index (χ0n) is 11.9. The average molecular weight is 286 g/mol. The van der Waals surface area contributed by atoms with Crippen molar-refractivity contribution in [1.29, 1.82) is 0 Å². The molecule has 0 radical (unpaired) electrons. The van der Waals surface area contributed by atoms with E-state index in [0.717, 1.165) is 17.0 Å². The Labute approximate surface area is 121 Å². The first-order chi connectivity index (χ1) is 9.08. The van der Waals surface area contributed by atoms with Crippen LogP contribution in [0.15, 0.2) is 24.3 Å². The molecule has 4 heteroatoms. The third kappa shape index (κ3) is 5.49. The van der Waals surface area contributed by atoms with Crippen LogP contribution < -0.4 is 5.73 Å². The summed E-state index contributed by atoms with van der Waals surface area (Å²) >= 11 is 5.91. The van der Waals surface area contributed by atoms with E-state index in [9.17, 15) is 0 Å². The molecule has 0 saturated heterocycles. The molecule has 108 valence electrons. The third-order valence-electron chi connectivity index (χ3n) is 2.99. The zero-order valence-corrected chi connectivity index (χ0v) is 12.7. The van der Waals surface area contributed by atoms with Crippen LogP contribution in [0.3, 0.4) is 0 Å². The Morgan fingerprint density at radius 1 is 1.21 bits per heavy atom. The van der Waals surface area contributed by atoms with Crippen LogP contribution in [0.1, 0.15) is 38.9 Å². The summed E-state index contributed by atoms with van der Waals surface area (Å²) in [6.45, 7) is 7.31. The van der Waals surface area contributed by atoms with E-state index in [1.165, 1.54) is 0 Å². The predicted molar refractivity (Wildman–Crippen MR) is 79.5 cm³/mol. The SMILES string of the molecule is CCOCC(C)OC(c1ccc(Cl)cc1)C(N)CC. The molecular formula is C15H24ClNO2. The van der Waals surface area contributed by atoms with Gasteiger partial charge in [0.1, 0.15) is 0 Å². The highest BCUT2D eigenvalue weighted by atomic mass is 35.5. The molecule has 1 rings (SSSR count). The van der Waals surface area contributed by atoms with Gasteiger partial charge in [-0.2, -0.15) is 0 Å². The molecule has 0 saturated carbocycles. The maximum atomic E-state index is 6.17. The highest BCUT2D eigenvalue weighted by molar-refractivity contribution is 6.30. The Balaban J connectivity index is 2.74. The summed E-state index contributed by atoms with van der Waals surface area (Å²) in [7, 11) is 0. The molecule has 0 aliphatic heterocycles. The summed E-state index contributed by atoms with van der Waals surface area (Å²) in [4.78, 5) is 0. The van der Waals surface area contributed by atoms with Crippen molar-refractivity contribution in [2.24, 2.45) is 5.73 Å². The molecule has 3 nitrogen and oxygen atoms in total. The Morgan fingerprint density at radius 3 is 2.37 bits per heavy atom. The first kappa shape index (κ1) is 16.4. The Kier molecular flexibility index (Phi) is 7.39. The minimum atomic E-state index is -0.127. The van der Waals surface area contributed by atoms with Crippen LogP contribution in [-0.4, -0.2) is 25.4 Å². The van der Waals surface area contributed by atoms with E-state index >= 15 is 0 Å². The molecule has 3 atom stereocenters. The van der Waals surface area contributed by atoms with Crippen molar-refractivity contribution in [2.45, 2.75) is 45.4 Å². The zero-order chi connectivity index (χ0) is 14.3. The molecule has 0 amide bonds. The summed E-state index contributed by atoms with van der Waals surface area (Å²) in [6.07, 6.45) is 0.741. The molecule has 2 N–H and O–H groups in total. The van der Waals surface area contributed by atoms with Crippen LogP contribution in [0.5, 0.6) is 0 Å². The van der Waals surface area contributed by atoms with Gasteiger partial charge in [0.05, 0.1) is 18.8 Å². The standard InChI is InChI=1S/C15H24ClNO2/c1-4-14(17)15(19-11(3)10-18-5-2)12-6-8-13(16)9-7-12/h6-9,11,14-15H,4-5,10,17H2,1-3H3. The highest BCUT2D eigenvalue weighted by Gasteiger charge is 2.21. The monoisotopic (exact) mass is 285 g/mol. The van der Waals surface area contributed by atoms with Crippen LogP contribution >= 0.6 is 11.6 Å². The first-order valence-corrected chi connectivity index (χ1v) is 7.20. The molecule has 1 aromatic carbocycles. The van der Waals surface area contributed by atoms with E-state index < -0.39 is 0 Å². The van der Waals surface area contributed by atoms with E-state index in [4.69, 9.17) is 26.8 Å². The summed E-state index contributed by atoms with van der Waals surface area (Å²) in [5.41, 5.74) is 7.22. The molecule has 0 fully saturated rings. The fourth-order valence-corrected chi connectivity index (χ4v) is 1.99. The molecule has 3 unspecified atom stereocenters. The van der Waals surface area contributed by atoms with E-state index in [2.05, 4.69) is 6.92 Å². The van der Waals surface area contributed by atoms with Crippen LogP contribution in [0.2, 0.25) is 5.02 Å². The molecule has 19 heavy (non-hydrogen) atoms. The second-order valence-corrected chi connectivity index (χ2v) is 5.09. The minimum absolute atomic E-state index is 0.0122. The lowest BCUT2D eigenvalue weighted by atomic mass is 10.0. The summed E-state index contributed by atoms with van der Waals surface area (Å²) in [5.74, 6) is 0. The smallest absolute Gasteiger partial charge is 0.0980 e. The number of benzene rings is 1. The van der Waals surface area contributed by atoms with Crippen LogP contribution in [0.25, 0.3) is 0 Å². The second-order valence-electron chi connectivity index (χ2n) is 4.65. The van der Waals surface area contributed by atoms with Crippen LogP contribution in [0, 0.1) is 0 Å². The number of ether oxygens (including phenoxy) is 2. The molecule has 0 aliphatic carbocycles. The lowest BCUT2D eigenvalue weighted by Crippen LogP contribution is -2.33. The van der Waals surface area contributed by atoms with E-state index in [1.807, 2.05) is 38.1 Å². The lowest BCUT2D eigenvalue weighted by Gasteiger charge is -2.27. The Bertz CT molecular complexity index is 356. The highest BCUT2D eigenvalue weighted by Crippen LogP contribution is 2.25. The number of hydrogen-bond donors (Lipinski definition) is 1. The number of halogens is 1. The van der Waals surface area contributed by atoms with Gasteiger partial charge in [0.15, 0.2) is 0 Å². The fourth-order valence-electron chi connectivity index (χ4n) is 1.87. The lowest BCUT2D eigenvalue weighted by molar-refractivity contribution is -0.0574. The number of rotatable bonds is 8. The van der Waals surface area contributed by atoms with Gasteiger partial charge in [0.25, 0.3) is 0 Å². The molecule has 1 aromatic rings. The van der Waals surface area contributed by atoms with Gasteiger partial charge < -0.3 is 15.2 Å². The second kappa shape index (κ2) is 8.54. The van der Waals surface area contributed by atoms with Crippen molar-refractivity contribution in [3.8, 4) is 0 Å². The summed E-state index contributed by atoms with van der Waals surface area (Å²) < 4.78 is 11.4. The van der Waals surface area contributed by atoms with E-state index in [0.29, 0.717) is 13.2 Å². The van der Waals surface area contributed by atoms with Gasteiger partial charge >= 0.3 is 0 Å². The fraction of sp³-hybridized carbons (Fsp3) is 0.600. The average Bonchev–Trinajstić information content (AvgIpc) is 2.42. The first-order valence-electron chi connectivity index (χ1n) is 6.82. The quantitative estimate of drug-likeness (QED) is 0.794. The van der Waals surface area contributed by atoms with Crippen molar-refractivity contribution in [3.05, 3.63) is 34.9 Å². The van der Waals surface area contributed by atoms with Gasteiger partial charge in [-0.25, -0.2) is 0 Å². The molecular weight excluding hydrogens is 262 g/mol. The van der Waals surface area contributed by atoms with Crippen molar-refractivity contribution in [3.63, 3.8) is 0 Å². The minimum Gasteiger partial charge on any atom is -0.379 e. The van der Waals surface area contributed by atoms with Gasteiger partial charge in [-0.1, -0.05) is 30.7 Å². The van der Waals surface area contributed by atoms with Crippen LogP contribution in [0.4, 0.5) is 0 Å². The van der Waals surface area contributed by atoms with Crippen molar-refractivity contribution in [1.82, 2.24) is 0 Å². The Morgan fingerprint density at radius 2 is 1.84 bits per heavy atom. The van der Waals surface area contributed by atoms with E-state index in [-0.39, 0.29) is 18.2 Å². The topological polar surface area (TPSA) is 44.5 Å². The van der Waals surface area contributed by atoms with Crippen molar-refractivity contribution >= 4 is 11.6 Å². The van der Waals surface area contributed by atoms with E-state index in [1.54, 1.807) is 0 Å². The third-order valence-corrected chi connectivity index (χ3v) is 3.25. The maximum absolute atomic E-state index is 6.17. The largest absolute Gasteiger partial charge is 0.379 e. The molecule has 0 spiro atoms. The van der Waals surface area contributed by atoms with Gasteiger partial charge in [-0.05, 0) is 38.0 Å². The maximum Gasteiger partial charge on any atom is 0.0980 e. The van der Waals surface area contributed by atoms with Gasteiger partial charge in [0.2, 0.25) is 0 Å². The van der Waals surface area contributed by atoms with Gasteiger partial charge in [0, 0.05) is 17.7 Å².